The van der Waals surface area contributed by atoms with Crippen LogP contribution in [-0.4, -0.2) is 97.3 Å². The van der Waals surface area contributed by atoms with Gasteiger partial charge in [-0.2, -0.15) is 9.55 Å². The fourth-order valence-electron chi connectivity index (χ4n) is 10.7. The molecule has 0 spiro atoms. The maximum absolute atomic E-state index is 14.5. The summed E-state index contributed by atoms with van der Waals surface area (Å²) in [6, 6.07) is 26.3. The molecule has 4 aromatic carbocycles. The Morgan fingerprint density at radius 2 is 1.57 bits per heavy atom. The number of amides is 3. The standard InChI is InChI=1S/C50H54N8O7/c1-30(31-20-24-65-25-21-31)58(63,50(61)62)57-23-7-11-43(57)47-52-40-19-17-37-27-36(16-18-39(37)45(40)54-47)33-12-13-35-28-38(15-14-34(35)26-33)41-29-51-46(53-41)42-10-6-22-56(42)48(59)44(55-49(60)64-2)32-8-4-3-5-9-32/h3-5,8-9,12-16,18,26-31,42-44H,6-7,10-11,17,19-25H2,1-2H3,(H,51,53)(H,52,54)(H,55,60)(H,61,62). The summed E-state index contributed by atoms with van der Waals surface area (Å²) in [5.74, 6) is 1.13. The molecule has 5 heterocycles. The van der Waals surface area contributed by atoms with Crippen LogP contribution in [0.15, 0.2) is 91.1 Å². The third kappa shape index (κ3) is 7.85. The number of H-pyrrole nitrogens is 2. The molecule has 336 valence electrons. The maximum Gasteiger partial charge on any atom is 0.534 e. The average Bonchev–Trinajstić information content (AvgIpc) is 4.19. The van der Waals surface area contributed by atoms with E-state index >= 15 is 0 Å². The Hall–Kier alpha value is -6.39. The summed E-state index contributed by atoms with van der Waals surface area (Å²) >= 11 is 0. The summed E-state index contributed by atoms with van der Waals surface area (Å²) in [6.07, 6.45) is 5.69. The minimum Gasteiger partial charge on any atom is -0.601 e. The van der Waals surface area contributed by atoms with E-state index in [1.54, 1.807) is 16.8 Å². The molecule has 6 aromatic rings. The Balaban J connectivity index is 0.853. The molecule has 0 bridgehead atoms. The third-order valence-electron chi connectivity index (χ3n) is 14.3. The van der Waals surface area contributed by atoms with Crippen molar-refractivity contribution in [1.29, 1.82) is 0 Å². The molecule has 3 saturated heterocycles. The van der Waals surface area contributed by atoms with Gasteiger partial charge in [0.2, 0.25) is 0 Å². The van der Waals surface area contributed by atoms with E-state index in [0.717, 1.165) is 82.2 Å². The van der Waals surface area contributed by atoms with Gasteiger partial charge in [-0.15, -0.1) is 5.01 Å². The number of nitrogens with zero attached hydrogens (tertiary/aromatic N) is 5. The molecule has 4 aliphatic rings. The van der Waals surface area contributed by atoms with E-state index in [0.29, 0.717) is 62.8 Å². The van der Waals surface area contributed by atoms with Crippen LogP contribution in [0.2, 0.25) is 0 Å². The molecule has 15 nitrogen and oxygen atoms in total. The van der Waals surface area contributed by atoms with Gasteiger partial charge in [0, 0.05) is 49.0 Å². The Labute approximate surface area is 376 Å². The number of hydroxylamine groups is 2. The van der Waals surface area contributed by atoms with Crippen molar-refractivity contribution in [1.82, 2.24) is 35.2 Å². The Kier molecular flexibility index (Phi) is 11.5. The number of hydrogen-bond acceptors (Lipinski definition) is 9. The van der Waals surface area contributed by atoms with E-state index in [-0.39, 0.29) is 17.9 Å². The SMILES string of the molecule is COC(=O)NC(C(=O)N1CCCC1c1ncc(-c2ccc3cc(-c4ccc5c(c4)CCc4[nH]c(C6CCCN6[N+]([O-])(C(=O)O)C(C)C6CCOCC6)nc4-5)ccc3c2)[nH]1)c1ccccc1. The van der Waals surface area contributed by atoms with Crippen molar-refractivity contribution in [2.75, 3.05) is 33.4 Å². The number of carboxylic acid groups (broad SMARTS) is 1. The number of carbonyl (C=O) groups excluding carboxylic acids is 2. The lowest BCUT2D eigenvalue weighted by atomic mass is 9.89. The summed E-state index contributed by atoms with van der Waals surface area (Å²) in [4.78, 5) is 57.8. The van der Waals surface area contributed by atoms with Gasteiger partial charge in [0.05, 0.1) is 30.7 Å². The monoisotopic (exact) mass is 878 g/mol. The number of methoxy groups -OCH3 is 1. The van der Waals surface area contributed by atoms with Crippen molar-refractivity contribution in [3.05, 3.63) is 125 Å². The van der Waals surface area contributed by atoms with Crippen LogP contribution in [-0.2, 0) is 27.1 Å². The molecule has 65 heavy (non-hydrogen) atoms. The highest BCUT2D eigenvalue weighted by molar-refractivity contribution is 5.91. The lowest BCUT2D eigenvalue weighted by Gasteiger charge is -2.50. The molecule has 10 rings (SSSR count). The van der Waals surface area contributed by atoms with Crippen LogP contribution in [0.1, 0.15) is 92.0 Å². The summed E-state index contributed by atoms with van der Waals surface area (Å²) in [7, 11) is 1.28. The number of aryl methyl sites for hydroxylation is 2. The minimum atomic E-state index is -1.39. The first-order valence-electron chi connectivity index (χ1n) is 22.8. The summed E-state index contributed by atoms with van der Waals surface area (Å²) in [5.41, 5.74) is 8.88. The number of aromatic nitrogens is 4. The van der Waals surface area contributed by atoms with Crippen LogP contribution >= 0.6 is 0 Å². The van der Waals surface area contributed by atoms with Crippen molar-refractivity contribution in [2.24, 2.45) is 5.92 Å². The van der Waals surface area contributed by atoms with Crippen LogP contribution in [0.4, 0.5) is 9.59 Å². The zero-order chi connectivity index (χ0) is 44.8. The second kappa shape index (κ2) is 17.5. The molecule has 3 fully saturated rings. The Morgan fingerprint density at radius 1 is 0.862 bits per heavy atom. The van der Waals surface area contributed by atoms with E-state index in [4.69, 9.17) is 19.4 Å². The fourth-order valence-corrected chi connectivity index (χ4v) is 10.7. The van der Waals surface area contributed by atoms with Crippen molar-refractivity contribution in [3.63, 3.8) is 0 Å². The van der Waals surface area contributed by atoms with Crippen molar-refractivity contribution in [3.8, 4) is 33.6 Å². The highest BCUT2D eigenvalue weighted by atomic mass is 16.7. The predicted octanol–water partition coefficient (Wildman–Crippen LogP) is 9.01. The molecule has 4 N–H and O–H groups in total. The molecule has 0 radical (unpaired) electrons. The topological polar surface area (TPSA) is 189 Å². The van der Waals surface area contributed by atoms with Crippen molar-refractivity contribution < 1.29 is 33.7 Å². The molecule has 3 aliphatic heterocycles. The Bertz CT molecular complexity index is 2750. The van der Waals surface area contributed by atoms with Gasteiger partial charge in [-0.1, -0.05) is 72.8 Å². The first kappa shape index (κ1) is 42.6. The number of imidazole rings is 2. The number of nitrogens with one attached hydrogen (secondary N) is 3. The van der Waals surface area contributed by atoms with Gasteiger partial charge in [-0.25, -0.2) is 14.8 Å². The van der Waals surface area contributed by atoms with Crippen molar-refractivity contribution >= 4 is 28.9 Å². The highest BCUT2D eigenvalue weighted by Crippen LogP contribution is 2.43. The number of alkyl carbamates (subject to hydrolysis) is 1. The average molecular weight is 879 g/mol. The third-order valence-corrected chi connectivity index (χ3v) is 14.3. The van der Waals surface area contributed by atoms with E-state index in [1.165, 1.54) is 12.7 Å². The van der Waals surface area contributed by atoms with E-state index < -0.39 is 35.1 Å². The molecule has 2 aromatic heterocycles. The van der Waals surface area contributed by atoms with Crippen LogP contribution in [0, 0.1) is 11.1 Å². The smallest absolute Gasteiger partial charge is 0.534 e. The van der Waals surface area contributed by atoms with Crippen LogP contribution in [0.3, 0.4) is 0 Å². The second-order valence-electron chi connectivity index (χ2n) is 17.9. The summed E-state index contributed by atoms with van der Waals surface area (Å²) in [5, 5.41) is 31.4. The fraction of sp³-hybridized carbons (Fsp3) is 0.380. The maximum atomic E-state index is 14.5. The normalized spacial score (nSPS) is 20.8. The summed E-state index contributed by atoms with van der Waals surface area (Å²) < 4.78 is 8.98. The number of carbonyl (C=O) groups is 3. The molecule has 5 atom stereocenters. The van der Waals surface area contributed by atoms with Crippen LogP contribution < -0.4 is 5.32 Å². The zero-order valence-corrected chi connectivity index (χ0v) is 36.7. The lowest BCUT2D eigenvalue weighted by molar-refractivity contribution is -0.956. The molecule has 15 heteroatoms. The quantitative estimate of drug-likeness (QED) is 0.0764. The molecule has 5 unspecified atom stereocenters. The number of likely N-dealkylation sites (tertiary alicyclic amines) is 1. The molecule has 0 saturated carbocycles. The Morgan fingerprint density at radius 3 is 2.34 bits per heavy atom. The molecule has 1 aliphatic carbocycles. The second-order valence-corrected chi connectivity index (χ2v) is 17.9. The molecular formula is C50H54N8O7. The molecular weight excluding hydrogens is 825 g/mol. The zero-order valence-electron chi connectivity index (χ0n) is 36.7. The first-order valence-corrected chi connectivity index (χ1v) is 22.8. The number of rotatable bonds is 10. The van der Waals surface area contributed by atoms with Crippen LogP contribution in [0.5, 0.6) is 0 Å². The van der Waals surface area contributed by atoms with Gasteiger partial charge < -0.3 is 40.0 Å². The van der Waals surface area contributed by atoms with E-state index in [1.807, 2.05) is 36.5 Å². The number of quaternary nitrogens is 1. The number of hydrogen-bond donors (Lipinski definition) is 4. The minimum absolute atomic E-state index is 0.0320. The lowest BCUT2D eigenvalue weighted by Crippen LogP contribution is -2.65. The number of aromatic amines is 2. The van der Waals surface area contributed by atoms with E-state index in [2.05, 4.69) is 69.9 Å². The van der Waals surface area contributed by atoms with Gasteiger partial charge in [0.1, 0.15) is 29.8 Å². The first-order chi connectivity index (χ1) is 31.6. The predicted molar refractivity (Wildman–Crippen MR) is 244 cm³/mol. The van der Waals surface area contributed by atoms with Crippen molar-refractivity contribution in [2.45, 2.75) is 82.5 Å². The number of ether oxygens (including phenoxy) is 2. The summed E-state index contributed by atoms with van der Waals surface area (Å²) in [6.45, 7) is 3.83. The largest absolute Gasteiger partial charge is 0.601 e. The van der Waals surface area contributed by atoms with Gasteiger partial charge in [0.15, 0.2) is 0 Å². The van der Waals surface area contributed by atoms with Crippen LogP contribution in [0.25, 0.3) is 44.4 Å². The number of benzene rings is 4. The van der Waals surface area contributed by atoms with Gasteiger partial charge in [-0.05, 0) is 103 Å². The van der Waals surface area contributed by atoms with Gasteiger partial charge >= 0.3 is 12.2 Å². The molecule has 3 amide bonds. The van der Waals surface area contributed by atoms with Gasteiger partial charge in [0.25, 0.3) is 5.91 Å². The van der Waals surface area contributed by atoms with E-state index in [9.17, 15) is 24.7 Å². The van der Waals surface area contributed by atoms with Gasteiger partial charge in [-0.3, -0.25) is 4.79 Å². The number of fused-ring (bicyclic) bond motifs is 4. The highest BCUT2D eigenvalue weighted by Gasteiger charge is 2.50.